The number of ketones is 1. The van der Waals surface area contributed by atoms with Gasteiger partial charge in [-0.2, -0.15) is 0 Å². The van der Waals surface area contributed by atoms with Crippen molar-refractivity contribution in [2.24, 2.45) is 17.3 Å². The van der Waals surface area contributed by atoms with Crippen molar-refractivity contribution in [2.75, 3.05) is 26.2 Å². The summed E-state index contributed by atoms with van der Waals surface area (Å²) in [7, 11) is 0. The van der Waals surface area contributed by atoms with Crippen LogP contribution in [0.4, 0.5) is 0 Å². The summed E-state index contributed by atoms with van der Waals surface area (Å²) in [6.07, 6.45) is 4.38. The third-order valence-corrected chi connectivity index (χ3v) is 5.15. The minimum atomic E-state index is 0.253. The van der Waals surface area contributed by atoms with E-state index in [1.165, 1.54) is 0 Å². The lowest BCUT2D eigenvalue weighted by molar-refractivity contribution is -0.128. The predicted octanol–water partition coefficient (Wildman–Crippen LogP) is 3.13. The molecule has 2 rings (SSSR count). The average molecular weight is 281 g/mol. The topological polar surface area (TPSA) is 29.5 Å². The highest BCUT2D eigenvalue weighted by Gasteiger charge is 2.36. The van der Waals surface area contributed by atoms with E-state index in [4.69, 9.17) is 4.74 Å². The molecule has 1 saturated carbocycles. The van der Waals surface area contributed by atoms with Crippen molar-refractivity contribution < 1.29 is 9.53 Å². The quantitative estimate of drug-likeness (QED) is 0.796. The minimum absolute atomic E-state index is 0.253. The Labute approximate surface area is 124 Å². The van der Waals surface area contributed by atoms with Gasteiger partial charge in [0.05, 0.1) is 12.7 Å². The summed E-state index contributed by atoms with van der Waals surface area (Å²) >= 11 is 0. The van der Waals surface area contributed by atoms with Crippen molar-refractivity contribution in [1.29, 1.82) is 0 Å². The number of Topliss-reactive ketones (excluding diaryl/α,β-unsaturated/α-hetero) is 1. The summed E-state index contributed by atoms with van der Waals surface area (Å²) in [4.78, 5) is 14.7. The summed E-state index contributed by atoms with van der Waals surface area (Å²) in [5.41, 5.74) is 0.329. The van der Waals surface area contributed by atoms with E-state index in [1.807, 2.05) is 0 Å². The first-order valence-corrected chi connectivity index (χ1v) is 8.26. The molecule has 20 heavy (non-hydrogen) atoms. The molecule has 1 aliphatic heterocycles. The van der Waals surface area contributed by atoms with Crippen LogP contribution in [0.5, 0.6) is 0 Å². The molecule has 0 spiro atoms. The van der Waals surface area contributed by atoms with E-state index in [9.17, 15) is 4.79 Å². The zero-order valence-corrected chi connectivity index (χ0v) is 13.7. The first-order chi connectivity index (χ1) is 9.40. The van der Waals surface area contributed by atoms with Crippen molar-refractivity contribution >= 4 is 5.78 Å². The molecule has 0 radical (unpaired) electrons. The average Bonchev–Trinajstić information content (AvgIpc) is 2.40. The molecule has 116 valence electrons. The fourth-order valence-corrected chi connectivity index (χ4v) is 3.58. The van der Waals surface area contributed by atoms with Gasteiger partial charge in [-0.25, -0.2) is 0 Å². The fourth-order valence-electron chi connectivity index (χ4n) is 3.58. The van der Waals surface area contributed by atoms with Gasteiger partial charge < -0.3 is 4.74 Å². The summed E-state index contributed by atoms with van der Waals surface area (Å²) in [5, 5.41) is 0. The number of morpholine rings is 1. The van der Waals surface area contributed by atoms with Crippen LogP contribution in [-0.2, 0) is 9.53 Å². The molecule has 0 aromatic carbocycles. The first kappa shape index (κ1) is 16.0. The summed E-state index contributed by atoms with van der Waals surface area (Å²) in [5.74, 6) is 1.43. The number of hydrogen-bond acceptors (Lipinski definition) is 3. The number of rotatable bonds is 3. The van der Waals surface area contributed by atoms with Crippen LogP contribution in [0.3, 0.4) is 0 Å². The molecule has 1 heterocycles. The Morgan fingerprint density at radius 2 is 2.10 bits per heavy atom. The maximum Gasteiger partial charge on any atom is 0.137 e. The molecule has 3 nitrogen and oxygen atoms in total. The molecule has 3 heteroatoms. The van der Waals surface area contributed by atoms with Gasteiger partial charge in [0.15, 0.2) is 0 Å². The lowest BCUT2D eigenvalue weighted by Gasteiger charge is -2.40. The zero-order valence-electron chi connectivity index (χ0n) is 13.7. The van der Waals surface area contributed by atoms with E-state index >= 15 is 0 Å². The Bertz CT molecular complexity index is 334. The van der Waals surface area contributed by atoms with Crippen molar-refractivity contribution in [1.82, 2.24) is 4.90 Å². The molecule has 1 saturated heterocycles. The Hall–Kier alpha value is -0.410. The van der Waals surface area contributed by atoms with Crippen molar-refractivity contribution in [3.63, 3.8) is 0 Å². The molecule has 0 bridgehead atoms. The standard InChI is InChI=1S/C17H31NO2/c1-5-15-12-18(8-9-20-15)11-13-10-14(17(2,3)4)6-7-16(13)19/h13-15H,5-12H2,1-4H3. The third-order valence-electron chi connectivity index (χ3n) is 5.15. The maximum atomic E-state index is 12.2. The van der Waals surface area contributed by atoms with Gasteiger partial charge in [0.1, 0.15) is 5.78 Å². The van der Waals surface area contributed by atoms with E-state index in [0.717, 1.165) is 51.9 Å². The first-order valence-electron chi connectivity index (χ1n) is 8.26. The largest absolute Gasteiger partial charge is 0.376 e. The van der Waals surface area contributed by atoms with Crippen LogP contribution in [0, 0.1) is 17.3 Å². The minimum Gasteiger partial charge on any atom is -0.376 e. The van der Waals surface area contributed by atoms with Gasteiger partial charge in [0.25, 0.3) is 0 Å². The van der Waals surface area contributed by atoms with Crippen LogP contribution in [0.25, 0.3) is 0 Å². The molecule has 2 fully saturated rings. The highest BCUT2D eigenvalue weighted by atomic mass is 16.5. The number of carbonyl (C=O) groups excluding carboxylic acids is 1. The second-order valence-corrected chi connectivity index (χ2v) is 7.66. The summed E-state index contributed by atoms with van der Waals surface area (Å²) < 4.78 is 5.72. The van der Waals surface area contributed by atoms with E-state index in [2.05, 4.69) is 32.6 Å². The highest BCUT2D eigenvalue weighted by molar-refractivity contribution is 5.82. The Kier molecular flexibility index (Phi) is 5.25. The maximum absolute atomic E-state index is 12.2. The van der Waals surface area contributed by atoms with Crippen LogP contribution in [0.15, 0.2) is 0 Å². The van der Waals surface area contributed by atoms with Crippen LogP contribution in [-0.4, -0.2) is 43.0 Å². The Morgan fingerprint density at radius 3 is 2.75 bits per heavy atom. The van der Waals surface area contributed by atoms with Gasteiger partial charge in [-0.15, -0.1) is 0 Å². The molecule has 0 aromatic rings. The Balaban J connectivity index is 1.91. The van der Waals surface area contributed by atoms with Gasteiger partial charge in [-0.05, 0) is 30.6 Å². The van der Waals surface area contributed by atoms with Gasteiger partial charge in [-0.1, -0.05) is 27.7 Å². The molecule has 1 aliphatic carbocycles. The van der Waals surface area contributed by atoms with Crippen LogP contribution >= 0.6 is 0 Å². The number of nitrogens with zero attached hydrogens (tertiary/aromatic N) is 1. The van der Waals surface area contributed by atoms with E-state index in [-0.39, 0.29) is 5.92 Å². The van der Waals surface area contributed by atoms with Crippen LogP contribution in [0.2, 0.25) is 0 Å². The second kappa shape index (κ2) is 6.57. The monoisotopic (exact) mass is 281 g/mol. The molecule has 3 unspecified atom stereocenters. The Morgan fingerprint density at radius 1 is 1.35 bits per heavy atom. The third kappa shape index (κ3) is 4.05. The van der Waals surface area contributed by atoms with E-state index in [0.29, 0.717) is 23.2 Å². The highest BCUT2D eigenvalue weighted by Crippen LogP contribution is 2.39. The van der Waals surface area contributed by atoms with E-state index in [1.54, 1.807) is 0 Å². The molecule has 0 aromatic heterocycles. The molecular formula is C17H31NO2. The molecule has 2 aliphatic rings. The fraction of sp³-hybridized carbons (Fsp3) is 0.941. The summed E-state index contributed by atoms with van der Waals surface area (Å²) in [6, 6.07) is 0. The lowest BCUT2D eigenvalue weighted by atomic mass is 9.68. The zero-order chi connectivity index (χ0) is 14.8. The molecule has 0 amide bonds. The lowest BCUT2D eigenvalue weighted by Crippen LogP contribution is -2.46. The molecular weight excluding hydrogens is 250 g/mol. The van der Waals surface area contributed by atoms with Crippen LogP contribution < -0.4 is 0 Å². The van der Waals surface area contributed by atoms with Gasteiger partial charge >= 0.3 is 0 Å². The molecule has 3 atom stereocenters. The van der Waals surface area contributed by atoms with Crippen LogP contribution in [0.1, 0.15) is 53.4 Å². The van der Waals surface area contributed by atoms with Crippen molar-refractivity contribution in [2.45, 2.75) is 59.5 Å². The van der Waals surface area contributed by atoms with E-state index < -0.39 is 0 Å². The second-order valence-electron chi connectivity index (χ2n) is 7.66. The SMILES string of the molecule is CCC1CN(CC2CC(C(C)(C)C)CCC2=O)CCO1. The predicted molar refractivity (Wildman–Crippen MR) is 81.8 cm³/mol. The van der Waals surface area contributed by atoms with Crippen molar-refractivity contribution in [3.8, 4) is 0 Å². The summed E-state index contributed by atoms with van der Waals surface area (Å²) in [6.45, 7) is 12.9. The number of ether oxygens (including phenoxy) is 1. The molecule has 0 N–H and O–H groups in total. The van der Waals surface area contributed by atoms with Crippen molar-refractivity contribution in [3.05, 3.63) is 0 Å². The number of hydrogen-bond donors (Lipinski definition) is 0. The number of carbonyl (C=O) groups is 1. The van der Waals surface area contributed by atoms with Gasteiger partial charge in [0.2, 0.25) is 0 Å². The normalized spacial score (nSPS) is 33.4. The van der Waals surface area contributed by atoms with Gasteiger partial charge in [-0.3, -0.25) is 9.69 Å². The van der Waals surface area contributed by atoms with Gasteiger partial charge in [0, 0.05) is 32.0 Å². The smallest absolute Gasteiger partial charge is 0.137 e.